The van der Waals surface area contributed by atoms with Crippen molar-refractivity contribution in [3.05, 3.63) is 84.2 Å². The highest BCUT2D eigenvalue weighted by Crippen LogP contribution is 2.29. The molecule has 0 spiro atoms. The lowest BCUT2D eigenvalue weighted by molar-refractivity contribution is 0.613. The average Bonchev–Trinajstić information content (AvgIpc) is 3.66. The topological polar surface area (TPSA) is 81.4 Å². The van der Waals surface area contributed by atoms with Crippen LogP contribution < -0.4 is 10.6 Å². The first kappa shape index (κ1) is 20.1. The molecule has 4 heterocycles. The Labute approximate surface area is 193 Å². The third kappa shape index (κ3) is 4.03. The first-order valence-electron chi connectivity index (χ1n) is 11.7. The lowest BCUT2D eigenvalue weighted by atomic mass is 10.0. The minimum absolute atomic E-state index is 0.178. The smallest absolute Gasteiger partial charge is 0.127 e. The summed E-state index contributed by atoms with van der Waals surface area (Å²) in [4.78, 5) is 16.1. The summed E-state index contributed by atoms with van der Waals surface area (Å²) >= 11 is 0. The Morgan fingerprint density at radius 2 is 1.30 bits per heavy atom. The molecule has 0 saturated carbocycles. The third-order valence-electron chi connectivity index (χ3n) is 6.65. The summed E-state index contributed by atoms with van der Waals surface area (Å²) in [5.41, 5.74) is 8.15. The number of benzene rings is 2. The van der Waals surface area contributed by atoms with Crippen LogP contribution in [0.3, 0.4) is 0 Å². The van der Waals surface area contributed by atoms with Crippen LogP contribution in [0.5, 0.6) is 0 Å². The van der Waals surface area contributed by atoms with Crippen LogP contribution in [0.25, 0.3) is 33.6 Å². The number of H-pyrrole nitrogens is 2. The van der Waals surface area contributed by atoms with E-state index in [-0.39, 0.29) is 6.04 Å². The molecule has 2 aromatic carbocycles. The standard InChI is InChI=1S/C27H28N6/c1-17-13-23(29-14-17)27-31-16-25(33-27)21-10-6-19(7-11-21)18-4-8-20(9-5-18)24-15-30-26(32-24)22-3-2-12-28-22/h4-11,13,15-16,22-23,28-29H,2-3,12,14H2,1H3,(H,30,32)(H,31,33)/t22-,23-/m0/s1. The second-order valence-corrected chi connectivity index (χ2v) is 9.04. The van der Waals surface area contributed by atoms with Gasteiger partial charge in [0.1, 0.15) is 11.6 Å². The molecule has 1 fully saturated rings. The van der Waals surface area contributed by atoms with Crippen molar-refractivity contribution in [3.63, 3.8) is 0 Å². The lowest BCUT2D eigenvalue weighted by Gasteiger charge is -2.07. The fourth-order valence-electron chi connectivity index (χ4n) is 4.75. The summed E-state index contributed by atoms with van der Waals surface area (Å²) in [6.07, 6.45) is 8.45. The van der Waals surface area contributed by atoms with Crippen molar-refractivity contribution >= 4 is 0 Å². The second kappa shape index (κ2) is 8.46. The summed E-state index contributed by atoms with van der Waals surface area (Å²) in [6, 6.07) is 17.8. The molecule has 2 atom stereocenters. The van der Waals surface area contributed by atoms with E-state index >= 15 is 0 Å². The van der Waals surface area contributed by atoms with Gasteiger partial charge in [-0.1, -0.05) is 60.2 Å². The van der Waals surface area contributed by atoms with Crippen molar-refractivity contribution < 1.29 is 0 Å². The van der Waals surface area contributed by atoms with Gasteiger partial charge in [-0.2, -0.15) is 0 Å². The van der Waals surface area contributed by atoms with Gasteiger partial charge in [-0.15, -0.1) is 0 Å². The normalized spacial score (nSPS) is 20.3. The van der Waals surface area contributed by atoms with E-state index in [0.717, 1.165) is 53.7 Å². The zero-order valence-corrected chi connectivity index (χ0v) is 18.7. The highest BCUT2D eigenvalue weighted by atomic mass is 15.0. The lowest BCUT2D eigenvalue weighted by Crippen LogP contribution is -2.15. The Balaban J connectivity index is 1.17. The maximum Gasteiger partial charge on any atom is 0.127 e. The molecule has 2 aromatic heterocycles. The summed E-state index contributed by atoms with van der Waals surface area (Å²) in [7, 11) is 0. The predicted octanol–water partition coefficient (Wildman–Crippen LogP) is 5.15. The molecule has 4 N–H and O–H groups in total. The molecule has 1 saturated heterocycles. The quantitative estimate of drug-likeness (QED) is 0.326. The van der Waals surface area contributed by atoms with Crippen molar-refractivity contribution in [2.24, 2.45) is 0 Å². The van der Waals surface area contributed by atoms with Gasteiger partial charge in [0.2, 0.25) is 0 Å². The van der Waals surface area contributed by atoms with Gasteiger partial charge in [-0.3, -0.25) is 0 Å². The van der Waals surface area contributed by atoms with E-state index in [0.29, 0.717) is 6.04 Å². The summed E-state index contributed by atoms with van der Waals surface area (Å²) < 4.78 is 0. The number of hydrogen-bond donors (Lipinski definition) is 4. The van der Waals surface area contributed by atoms with Gasteiger partial charge >= 0.3 is 0 Å². The zero-order valence-electron chi connectivity index (χ0n) is 18.7. The highest BCUT2D eigenvalue weighted by Gasteiger charge is 2.19. The molecule has 2 aliphatic heterocycles. The van der Waals surface area contributed by atoms with Gasteiger partial charge in [-0.25, -0.2) is 9.97 Å². The maximum atomic E-state index is 4.59. The van der Waals surface area contributed by atoms with E-state index in [1.165, 1.54) is 23.1 Å². The first-order valence-corrected chi connectivity index (χ1v) is 11.7. The number of aromatic amines is 2. The predicted molar refractivity (Wildman–Crippen MR) is 132 cm³/mol. The van der Waals surface area contributed by atoms with Crippen LogP contribution in [-0.2, 0) is 0 Å². The Bertz CT molecular complexity index is 1270. The van der Waals surface area contributed by atoms with Crippen LogP contribution in [0.1, 0.15) is 43.5 Å². The van der Waals surface area contributed by atoms with E-state index < -0.39 is 0 Å². The van der Waals surface area contributed by atoms with E-state index in [1.807, 2.05) is 12.4 Å². The fraction of sp³-hybridized carbons (Fsp3) is 0.259. The largest absolute Gasteiger partial charge is 0.341 e. The number of hydrogen-bond acceptors (Lipinski definition) is 4. The Morgan fingerprint density at radius 3 is 1.85 bits per heavy atom. The van der Waals surface area contributed by atoms with Gasteiger partial charge in [0.25, 0.3) is 0 Å². The molecular weight excluding hydrogens is 408 g/mol. The number of imidazole rings is 2. The molecule has 166 valence electrons. The van der Waals surface area contributed by atoms with E-state index in [1.54, 1.807) is 0 Å². The molecular formula is C27H28N6. The summed E-state index contributed by atoms with van der Waals surface area (Å²) in [6.45, 7) is 4.14. The van der Waals surface area contributed by atoms with Crippen LogP contribution in [0, 0.1) is 0 Å². The minimum atomic E-state index is 0.178. The Morgan fingerprint density at radius 1 is 0.727 bits per heavy atom. The molecule has 0 bridgehead atoms. The molecule has 0 radical (unpaired) electrons. The summed E-state index contributed by atoms with van der Waals surface area (Å²) in [5, 5.41) is 6.95. The molecule has 0 amide bonds. The average molecular weight is 437 g/mol. The number of nitrogens with zero attached hydrogens (tertiary/aromatic N) is 2. The van der Waals surface area contributed by atoms with Crippen molar-refractivity contribution in [1.82, 2.24) is 30.6 Å². The monoisotopic (exact) mass is 436 g/mol. The number of rotatable bonds is 5. The van der Waals surface area contributed by atoms with E-state index in [9.17, 15) is 0 Å². The second-order valence-electron chi connectivity index (χ2n) is 9.04. The van der Waals surface area contributed by atoms with Crippen LogP contribution in [0.15, 0.2) is 72.6 Å². The minimum Gasteiger partial charge on any atom is -0.341 e. The van der Waals surface area contributed by atoms with Crippen molar-refractivity contribution in [3.8, 4) is 33.6 Å². The van der Waals surface area contributed by atoms with Crippen molar-refractivity contribution in [1.29, 1.82) is 0 Å². The zero-order chi connectivity index (χ0) is 22.2. The third-order valence-corrected chi connectivity index (χ3v) is 6.65. The van der Waals surface area contributed by atoms with Crippen LogP contribution in [-0.4, -0.2) is 33.0 Å². The fourth-order valence-corrected chi connectivity index (χ4v) is 4.75. The van der Waals surface area contributed by atoms with Gasteiger partial charge in [0, 0.05) is 6.54 Å². The number of nitrogens with one attached hydrogen (secondary N) is 4. The SMILES string of the molecule is CC1=C[C@@H](c2ncc(-c3ccc(-c4ccc(-c5cnc([C@@H]6CCCN6)[nH]5)cc4)cc3)[nH]2)NC1. The van der Waals surface area contributed by atoms with E-state index in [4.69, 9.17) is 0 Å². The van der Waals surface area contributed by atoms with Gasteiger partial charge in [0.15, 0.2) is 0 Å². The molecule has 0 unspecified atom stereocenters. The Kier molecular flexibility index (Phi) is 5.17. The summed E-state index contributed by atoms with van der Waals surface area (Å²) in [5.74, 6) is 2.01. The van der Waals surface area contributed by atoms with Crippen molar-refractivity contribution in [2.45, 2.75) is 31.8 Å². The van der Waals surface area contributed by atoms with Gasteiger partial charge in [-0.05, 0) is 48.6 Å². The van der Waals surface area contributed by atoms with Crippen molar-refractivity contribution in [2.75, 3.05) is 13.1 Å². The molecule has 2 aliphatic rings. The van der Waals surface area contributed by atoms with Crippen LogP contribution in [0.2, 0.25) is 0 Å². The van der Waals surface area contributed by atoms with Gasteiger partial charge < -0.3 is 20.6 Å². The van der Waals surface area contributed by atoms with Crippen LogP contribution in [0.4, 0.5) is 0 Å². The van der Waals surface area contributed by atoms with Crippen LogP contribution >= 0.6 is 0 Å². The highest BCUT2D eigenvalue weighted by molar-refractivity contribution is 5.71. The molecule has 0 aliphatic carbocycles. The van der Waals surface area contributed by atoms with Gasteiger partial charge in [0.05, 0.1) is 35.9 Å². The molecule has 6 rings (SSSR count). The molecule has 33 heavy (non-hydrogen) atoms. The Hall–Kier alpha value is -3.48. The maximum absolute atomic E-state index is 4.59. The van der Waals surface area contributed by atoms with E-state index in [2.05, 4.69) is 92.1 Å². The molecule has 6 nitrogen and oxygen atoms in total. The number of aromatic nitrogens is 4. The first-order chi connectivity index (χ1) is 16.2. The molecule has 6 heteroatoms. The molecule has 4 aromatic rings.